The van der Waals surface area contributed by atoms with E-state index in [-0.39, 0.29) is 12.4 Å². The van der Waals surface area contributed by atoms with Crippen LogP contribution in [0.4, 0.5) is 5.13 Å². The van der Waals surface area contributed by atoms with Gasteiger partial charge in [0.1, 0.15) is 0 Å². The quantitative estimate of drug-likeness (QED) is 0.935. The third-order valence-corrected chi connectivity index (χ3v) is 4.90. The van der Waals surface area contributed by atoms with Crippen molar-refractivity contribution in [1.29, 1.82) is 0 Å². The molecule has 0 aliphatic carbocycles. The Morgan fingerprint density at radius 2 is 2.19 bits per heavy atom. The zero-order valence-electron chi connectivity index (χ0n) is 12.5. The number of nitrogen functional groups attached to an aromatic ring is 1. The second-order valence-corrected chi connectivity index (χ2v) is 6.89. The van der Waals surface area contributed by atoms with Gasteiger partial charge in [-0.15, -0.1) is 23.7 Å². The summed E-state index contributed by atoms with van der Waals surface area (Å²) >= 11 is 1.60. The van der Waals surface area contributed by atoms with Crippen LogP contribution >= 0.6 is 23.7 Å². The Labute approximate surface area is 136 Å². The number of nitrogens with zero attached hydrogens (tertiary/aromatic N) is 2. The van der Waals surface area contributed by atoms with Crippen molar-refractivity contribution in [2.24, 2.45) is 0 Å². The minimum Gasteiger partial charge on any atom is -0.375 e. The second-order valence-electron chi connectivity index (χ2n) is 5.75. The van der Waals surface area contributed by atoms with Crippen molar-refractivity contribution in [3.05, 3.63) is 46.0 Å². The van der Waals surface area contributed by atoms with Gasteiger partial charge in [0.2, 0.25) is 0 Å². The molecule has 1 unspecified atom stereocenters. The molecule has 1 aromatic heterocycles. The molecule has 1 atom stereocenters. The lowest BCUT2D eigenvalue weighted by Crippen LogP contribution is -2.19. The average Bonchev–Trinajstić information content (AvgIpc) is 2.99. The topological polar surface area (TPSA) is 42.2 Å². The van der Waals surface area contributed by atoms with E-state index in [1.165, 1.54) is 28.0 Å². The first kappa shape index (κ1) is 16.3. The van der Waals surface area contributed by atoms with Gasteiger partial charge >= 0.3 is 0 Å². The number of thiazole rings is 1. The molecule has 1 fully saturated rings. The molecule has 0 radical (unpaired) electrons. The van der Waals surface area contributed by atoms with E-state index in [1.807, 2.05) is 6.20 Å². The summed E-state index contributed by atoms with van der Waals surface area (Å²) in [6, 6.07) is 6.83. The van der Waals surface area contributed by atoms with Crippen molar-refractivity contribution in [3.63, 3.8) is 0 Å². The van der Waals surface area contributed by atoms with Gasteiger partial charge in [-0.2, -0.15) is 0 Å². The van der Waals surface area contributed by atoms with Crippen LogP contribution in [0.5, 0.6) is 0 Å². The zero-order chi connectivity index (χ0) is 14.1. The monoisotopic (exact) mass is 323 g/mol. The van der Waals surface area contributed by atoms with Gasteiger partial charge in [-0.3, -0.25) is 4.90 Å². The molecule has 3 nitrogen and oxygen atoms in total. The summed E-state index contributed by atoms with van der Waals surface area (Å²) in [5.74, 6) is 0.667. The normalized spacial score (nSPS) is 18.7. The summed E-state index contributed by atoms with van der Waals surface area (Å²) in [4.78, 5) is 7.91. The Morgan fingerprint density at radius 1 is 1.38 bits per heavy atom. The van der Waals surface area contributed by atoms with Crippen LogP contribution in [-0.2, 0) is 6.54 Å². The van der Waals surface area contributed by atoms with Crippen LogP contribution in [0.3, 0.4) is 0 Å². The van der Waals surface area contributed by atoms with Gasteiger partial charge < -0.3 is 5.73 Å². The molecule has 2 N–H and O–H groups in total. The SMILES string of the molecule is Cc1ccc(C2CCN(Cc3cnc(N)s3)C2)c(C)c1.Cl. The molecule has 1 aliphatic heterocycles. The van der Waals surface area contributed by atoms with E-state index in [2.05, 4.69) is 41.9 Å². The molecule has 2 aromatic rings. The lowest BCUT2D eigenvalue weighted by atomic mass is 9.93. The lowest BCUT2D eigenvalue weighted by Gasteiger charge is -2.16. The first-order valence-electron chi connectivity index (χ1n) is 7.11. The maximum Gasteiger partial charge on any atom is 0.180 e. The molecular formula is C16H22ClN3S. The minimum absolute atomic E-state index is 0. The summed E-state index contributed by atoms with van der Waals surface area (Å²) in [7, 11) is 0. The molecule has 5 heteroatoms. The van der Waals surface area contributed by atoms with Crippen LogP contribution in [0.1, 0.15) is 33.9 Å². The number of aryl methyl sites for hydroxylation is 2. The fraction of sp³-hybridized carbons (Fsp3) is 0.438. The maximum absolute atomic E-state index is 5.69. The molecule has 1 aliphatic rings. The highest BCUT2D eigenvalue weighted by atomic mass is 35.5. The van der Waals surface area contributed by atoms with Gasteiger partial charge in [-0.1, -0.05) is 23.8 Å². The van der Waals surface area contributed by atoms with Gasteiger partial charge in [0.25, 0.3) is 0 Å². The minimum atomic E-state index is 0. The first-order valence-corrected chi connectivity index (χ1v) is 7.93. The molecule has 1 saturated heterocycles. The van der Waals surface area contributed by atoms with E-state index in [0.717, 1.165) is 19.6 Å². The van der Waals surface area contributed by atoms with Crippen molar-refractivity contribution >= 4 is 28.9 Å². The molecule has 114 valence electrons. The van der Waals surface area contributed by atoms with Crippen molar-refractivity contribution in [2.75, 3.05) is 18.8 Å². The van der Waals surface area contributed by atoms with Crippen LogP contribution in [0.25, 0.3) is 0 Å². The van der Waals surface area contributed by atoms with Crippen LogP contribution in [0, 0.1) is 13.8 Å². The standard InChI is InChI=1S/C16H21N3S.ClH/c1-11-3-4-15(12(2)7-11)13-5-6-19(9-13)10-14-8-18-16(17)20-14;/h3-4,7-8,13H,5-6,9-10H2,1-2H3,(H2,17,18);1H. The van der Waals surface area contributed by atoms with E-state index in [4.69, 9.17) is 5.73 Å². The van der Waals surface area contributed by atoms with E-state index < -0.39 is 0 Å². The number of nitrogens with two attached hydrogens (primary N) is 1. The number of halogens is 1. The number of rotatable bonds is 3. The van der Waals surface area contributed by atoms with Gasteiger partial charge in [-0.25, -0.2) is 4.98 Å². The second kappa shape index (κ2) is 6.77. The van der Waals surface area contributed by atoms with E-state index >= 15 is 0 Å². The lowest BCUT2D eigenvalue weighted by molar-refractivity contribution is 0.329. The summed E-state index contributed by atoms with van der Waals surface area (Å²) < 4.78 is 0. The summed E-state index contributed by atoms with van der Waals surface area (Å²) in [5, 5.41) is 0.671. The van der Waals surface area contributed by atoms with E-state index in [1.54, 1.807) is 11.3 Å². The zero-order valence-corrected chi connectivity index (χ0v) is 14.1. The molecule has 0 amide bonds. The Bertz CT molecular complexity index is 611. The van der Waals surface area contributed by atoms with Gasteiger partial charge in [0, 0.05) is 24.2 Å². The predicted molar refractivity (Wildman–Crippen MR) is 92.3 cm³/mol. The number of aromatic nitrogens is 1. The number of hydrogen-bond acceptors (Lipinski definition) is 4. The highest BCUT2D eigenvalue weighted by Gasteiger charge is 2.25. The Kier molecular flexibility index (Phi) is 5.25. The van der Waals surface area contributed by atoms with E-state index in [0.29, 0.717) is 11.0 Å². The smallest absolute Gasteiger partial charge is 0.180 e. The Morgan fingerprint density at radius 3 is 2.86 bits per heavy atom. The Hall–Kier alpha value is -1.10. The van der Waals surface area contributed by atoms with Crippen LogP contribution in [-0.4, -0.2) is 23.0 Å². The molecule has 0 bridgehead atoms. The molecule has 0 saturated carbocycles. The molecule has 21 heavy (non-hydrogen) atoms. The summed E-state index contributed by atoms with van der Waals surface area (Å²) in [6.45, 7) is 7.68. The van der Waals surface area contributed by atoms with E-state index in [9.17, 15) is 0 Å². The molecule has 1 aromatic carbocycles. The largest absolute Gasteiger partial charge is 0.375 e. The molecule has 0 spiro atoms. The van der Waals surface area contributed by atoms with Crippen molar-refractivity contribution < 1.29 is 0 Å². The van der Waals surface area contributed by atoms with Crippen LogP contribution in [0.15, 0.2) is 24.4 Å². The fourth-order valence-corrected chi connectivity index (χ4v) is 3.86. The summed E-state index contributed by atoms with van der Waals surface area (Å²) in [5.41, 5.74) is 9.99. The predicted octanol–water partition coefficient (Wildman–Crippen LogP) is 3.75. The fourth-order valence-electron chi connectivity index (χ4n) is 3.13. The van der Waals surface area contributed by atoms with Crippen molar-refractivity contribution in [3.8, 4) is 0 Å². The van der Waals surface area contributed by atoms with Crippen LogP contribution in [0.2, 0.25) is 0 Å². The number of hydrogen-bond donors (Lipinski definition) is 1. The first-order chi connectivity index (χ1) is 9.61. The highest BCUT2D eigenvalue weighted by molar-refractivity contribution is 7.15. The average molecular weight is 324 g/mol. The van der Waals surface area contributed by atoms with Crippen LogP contribution < -0.4 is 5.73 Å². The molecule has 3 rings (SSSR count). The third-order valence-electron chi connectivity index (χ3n) is 4.09. The Balaban J connectivity index is 0.00000161. The van der Waals surface area contributed by atoms with Gasteiger partial charge in [-0.05, 0) is 43.9 Å². The van der Waals surface area contributed by atoms with Crippen molar-refractivity contribution in [2.45, 2.75) is 32.7 Å². The number of likely N-dealkylation sites (tertiary alicyclic amines) is 1. The maximum atomic E-state index is 5.69. The summed E-state index contributed by atoms with van der Waals surface area (Å²) in [6.07, 6.45) is 3.16. The number of anilines is 1. The number of benzene rings is 1. The van der Waals surface area contributed by atoms with Crippen molar-refractivity contribution in [1.82, 2.24) is 9.88 Å². The molecule has 2 heterocycles. The van der Waals surface area contributed by atoms with Gasteiger partial charge in [0.05, 0.1) is 0 Å². The van der Waals surface area contributed by atoms with Gasteiger partial charge in [0.15, 0.2) is 5.13 Å². The third kappa shape index (κ3) is 3.76. The molecular weight excluding hydrogens is 302 g/mol. The highest BCUT2D eigenvalue weighted by Crippen LogP contribution is 2.31.